The molecule has 2 N–H and O–H groups in total. The molecule has 2 aliphatic rings. The number of carbonyl (C=O) groups is 1. The van der Waals surface area contributed by atoms with Crippen LogP contribution in [-0.4, -0.2) is 47.9 Å². The van der Waals surface area contributed by atoms with Crippen LogP contribution in [0.3, 0.4) is 0 Å². The van der Waals surface area contributed by atoms with E-state index in [1.54, 1.807) is 0 Å². The van der Waals surface area contributed by atoms with Gasteiger partial charge in [0.05, 0.1) is 0 Å². The molecule has 3 rings (SSSR count). The molecule has 0 aromatic heterocycles. The number of aryl methyl sites for hydroxylation is 1. The van der Waals surface area contributed by atoms with Gasteiger partial charge in [-0.2, -0.15) is 0 Å². The van der Waals surface area contributed by atoms with Crippen molar-refractivity contribution in [3.8, 4) is 0 Å². The predicted octanol–water partition coefficient (Wildman–Crippen LogP) is 3.12. The van der Waals surface area contributed by atoms with Crippen LogP contribution >= 0.6 is 24.8 Å². The smallest absolute Gasteiger partial charge is 0.254 e. The lowest BCUT2D eigenvalue weighted by atomic mass is 10.0. The molecule has 23 heavy (non-hydrogen) atoms. The topological polar surface area (TPSA) is 49.6 Å². The molecule has 0 saturated carbocycles. The Balaban J connectivity index is 0.00000132. The molecule has 0 aliphatic carbocycles. The fraction of sp³-hybridized carbons (Fsp3) is 0.588. The number of nitrogens with two attached hydrogens (primary N) is 1. The van der Waals surface area contributed by atoms with Gasteiger partial charge in [-0.25, -0.2) is 0 Å². The maximum atomic E-state index is 12.8. The Morgan fingerprint density at radius 3 is 2.52 bits per heavy atom. The summed E-state index contributed by atoms with van der Waals surface area (Å²) < 4.78 is 0. The van der Waals surface area contributed by atoms with Crippen molar-refractivity contribution >= 4 is 36.4 Å². The minimum Gasteiger partial charge on any atom is -0.399 e. The van der Waals surface area contributed by atoms with Gasteiger partial charge >= 0.3 is 0 Å². The number of carbonyl (C=O) groups excluding carboxylic acids is 1. The second-order valence-corrected chi connectivity index (χ2v) is 6.36. The fourth-order valence-electron chi connectivity index (χ4n) is 3.58. The molecule has 1 atom stereocenters. The van der Waals surface area contributed by atoms with E-state index in [2.05, 4.69) is 4.90 Å². The molecule has 1 amide bonds. The maximum Gasteiger partial charge on any atom is 0.254 e. The quantitative estimate of drug-likeness (QED) is 0.825. The molecular weight excluding hydrogens is 333 g/mol. The molecule has 0 spiro atoms. The summed E-state index contributed by atoms with van der Waals surface area (Å²) in [6, 6.07) is 6.16. The lowest BCUT2D eigenvalue weighted by molar-refractivity contribution is 0.0607. The van der Waals surface area contributed by atoms with Crippen LogP contribution in [0.15, 0.2) is 18.2 Å². The lowest BCUT2D eigenvalue weighted by Gasteiger charge is -2.37. The van der Waals surface area contributed by atoms with Crippen molar-refractivity contribution in [1.82, 2.24) is 9.80 Å². The van der Waals surface area contributed by atoms with Crippen LogP contribution in [0.4, 0.5) is 5.69 Å². The average Bonchev–Trinajstić information content (AvgIpc) is 3.03. The largest absolute Gasteiger partial charge is 0.399 e. The number of halogens is 2. The van der Waals surface area contributed by atoms with Crippen LogP contribution in [0.25, 0.3) is 0 Å². The van der Waals surface area contributed by atoms with E-state index in [1.807, 2.05) is 30.0 Å². The second-order valence-electron chi connectivity index (χ2n) is 6.36. The van der Waals surface area contributed by atoms with Crippen molar-refractivity contribution in [1.29, 1.82) is 0 Å². The minimum atomic E-state index is 0. The number of hydrogen-bond acceptors (Lipinski definition) is 3. The van der Waals surface area contributed by atoms with Crippen molar-refractivity contribution in [2.24, 2.45) is 0 Å². The molecule has 6 heteroatoms. The lowest BCUT2D eigenvalue weighted by Crippen LogP contribution is -2.49. The predicted molar refractivity (Wildman–Crippen MR) is 99.8 cm³/mol. The van der Waals surface area contributed by atoms with E-state index in [4.69, 9.17) is 5.73 Å². The van der Waals surface area contributed by atoms with Crippen LogP contribution in [0, 0.1) is 6.92 Å². The first-order valence-electron chi connectivity index (χ1n) is 8.04. The summed E-state index contributed by atoms with van der Waals surface area (Å²) in [6.07, 6.45) is 4.94. The Labute approximate surface area is 151 Å². The number of nitrogen functional groups attached to an aromatic ring is 1. The van der Waals surface area contributed by atoms with Gasteiger partial charge in [-0.15, -0.1) is 24.8 Å². The molecule has 4 nitrogen and oxygen atoms in total. The summed E-state index contributed by atoms with van der Waals surface area (Å²) in [7, 11) is 0. The Bertz CT molecular complexity index is 533. The van der Waals surface area contributed by atoms with Gasteiger partial charge in [-0.1, -0.05) is 6.07 Å². The van der Waals surface area contributed by atoms with Crippen molar-refractivity contribution < 1.29 is 4.79 Å². The molecule has 130 valence electrons. The van der Waals surface area contributed by atoms with Crippen LogP contribution < -0.4 is 5.73 Å². The molecule has 2 saturated heterocycles. The molecule has 2 fully saturated rings. The summed E-state index contributed by atoms with van der Waals surface area (Å²) in [6.45, 7) is 6.12. The first-order chi connectivity index (χ1) is 10.1. The third-order valence-electron chi connectivity index (χ3n) is 4.83. The number of likely N-dealkylation sites (tertiary alicyclic amines) is 2. The van der Waals surface area contributed by atoms with E-state index in [1.165, 1.54) is 32.4 Å². The third-order valence-corrected chi connectivity index (χ3v) is 4.83. The molecular formula is C17H27Cl2N3O. The van der Waals surface area contributed by atoms with Crippen molar-refractivity contribution in [3.05, 3.63) is 29.3 Å². The zero-order valence-corrected chi connectivity index (χ0v) is 15.3. The second kappa shape index (κ2) is 8.76. The summed E-state index contributed by atoms with van der Waals surface area (Å²) in [4.78, 5) is 17.4. The highest BCUT2D eigenvalue weighted by Gasteiger charge is 2.30. The Hall–Kier alpha value is -0.970. The number of benzene rings is 1. The monoisotopic (exact) mass is 359 g/mol. The van der Waals surface area contributed by atoms with Crippen molar-refractivity contribution in [3.63, 3.8) is 0 Å². The van der Waals surface area contributed by atoms with Gasteiger partial charge in [0.2, 0.25) is 0 Å². The first-order valence-corrected chi connectivity index (χ1v) is 8.04. The van der Waals surface area contributed by atoms with Gasteiger partial charge in [-0.3, -0.25) is 9.69 Å². The van der Waals surface area contributed by atoms with E-state index in [0.29, 0.717) is 11.7 Å². The normalized spacial score (nSPS) is 21.4. The Morgan fingerprint density at radius 2 is 1.83 bits per heavy atom. The zero-order chi connectivity index (χ0) is 14.8. The number of nitrogens with zero attached hydrogens (tertiary/aromatic N) is 2. The van der Waals surface area contributed by atoms with Crippen LogP contribution in [-0.2, 0) is 0 Å². The molecule has 0 bridgehead atoms. The SMILES string of the molecule is Cc1ccc(N)cc1C(=O)N1CCCC(N2CCCC2)C1.Cl.Cl. The fourth-order valence-corrected chi connectivity index (χ4v) is 3.58. The maximum absolute atomic E-state index is 12.8. The minimum absolute atomic E-state index is 0. The molecule has 1 aromatic carbocycles. The van der Waals surface area contributed by atoms with Crippen LogP contribution in [0.2, 0.25) is 0 Å². The van der Waals surface area contributed by atoms with E-state index in [9.17, 15) is 4.79 Å². The van der Waals surface area contributed by atoms with Gasteiger partial charge in [0.25, 0.3) is 5.91 Å². The van der Waals surface area contributed by atoms with Gasteiger partial charge < -0.3 is 10.6 Å². The summed E-state index contributed by atoms with van der Waals surface area (Å²) in [5, 5.41) is 0. The zero-order valence-electron chi connectivity index (χ0n) is 13.7. The third kappa shape index (κ3) is 4.52. The molecule has 2 aliphatic heterocycles. The Morgan fingerprint density at radius 1 is 1.13 bits per heavy atom. The molecule has 1 unspecified atom stereocenters. The average molecular weight is 360 g/mol. The van der Waals surface area contributed by atoms with E-state index in [0.717, 1.165) is 30.6 Å². The summed E-state index contributed by atoms with van der Waals surface area (Å²) in [5.74, 6) is 0.142. The first kappa shape index (κ1) is 20.1. The van der Waals surface area contributed by atoms with E-state index in [-0.39, 0.29) is 30.7 Å². The summed E-state index contributed by atoms with van der Waals surface area (Å²) in [5.41, 5.74) is 8.28. The number of anilines is 1. The molecule has 0 radical (unpaired) electrons. The highest BCUT2D eigenvalue weighted by atomic mass is 35.5. The highest BCUT2D eigenvalue weighted by molar-refractivity contribution is 5.96. The molecule has 1 aromatic rings. The number of hydrogen-bond donors (Lipinski definition) is 1. The van der Waals surface area contributed by atoms with E-state index >= 15 is 0 Å². The molecule has 2 heterocycles. The van der Waals surface area contributed by atoms with Crippen LogP contribution in [0.1, 0.15) is 41.6 Å². The van der Waals surface area contributed by atoms with Crippen molar-refractivity contribution in [2.45, 2.75) is 38.6 Å². The summed E-state index contributed by atoms with van der Waals surface area (Å²) >= 11 is 0. The standard InChI is InChI=1S/C17H25N3O.2ClH/c1-13-6-7-14(18)11-16(13)17(21)20-10-4-5-15(12-20)19-8-2-3-9-19;;/h6-7,11,15H,2-5,8-10,12,18H2,1H3;2*1H. The number of amides is 1. The van der Waals surface area contributed by atoms with Crippen LogP contribution in [0.5, 0.6) is 0 Å². The van der Waals surface area contributed by atoms with Gasteiger partial charge in [0.1, 0.15) is 0 Å². The van der Waals surface area contributed by atoms with Gasteiger partial charge in [-0.05, 0) is 63.4 Å². The van der Waals surface area contributed by atoms with Gasteiger partial charge in [0, 0.05) is 30.4 Å². The number of rotatable bonds is 2. The van der Waals surface area contributed by atoms with Gasteiger partial charge in [0.15, 0.2) is 0 Å². The van der Waals surface area contributed by atoms with E-state index < -0.39 is 0 Å². The Kier molecular flexibility index (Phi) is 7.65. The number of piperidine rings is 1. The highest BCUT2D eigenvalue weighted by Crippen LogP contribution is 2.23. The van der Waals surface area contributed by atoms with Crippen molar-refractivity contribution in [2.75, 3.05) is 31.9 Å².